The van der Waals surface area contributed by atoms with E-state index in [1.165, 1.54) is 13.8 Å². The fourth-order valence-electron chi connectivity index (χ4n) is 2.68. The topological polar surface area (TPSA) is 72.5 Å². The molecule has 1 N–H and O–H groups in total. The van der Waals surface area contributed by atoms with Crippen molar-refractivity contribution >= 4 is 33.6 Å². The van der Waals surface area contributed by atoms with Crippen molar-refractivity contribution in [3.8, 4) is 0 Å². The van der Waals surface area contributed by atoms with Gasteiger partial charge >= 0.3 is 6.09 Å². The number of hydrogen-bond acceptors (Lipinski definition) is 4. The van der Waals surface area contributed by atoms with E-state index in [0.29, 0.717) is 5.56 Å². The van der Waals surface area contributed by atoms with Crippen LogP contribution in [0.15, 0.2) is 59.1 Å². The molecule has 1 unspecified atom stereocenters. The van der Waals surface area contributed by atoms with E-state index < -0.39 is 18.1 Å². The standard InChI is InChI=1S/C20H20BrNO4/c1-13(23)18(14(2)24)19(16-8-10-17(21)11-9-16)22-20(25)26-12-15-6-4-3-5-7-15/h3-11,18-19H,12H2,1-2H3,(H,22,25). The van der Waals surface area contributed by atoms with Gasteiger partial charge in [0.2, 0.25) is 0 Å². The number of hydrogen-bond donors (Lipinski definition) is 1. The van der Waals surface area contributed by atoms with Crippen LogP contribution in [0.5, 0.6) is 0 Å². The zero-order chi connectivity index (χ0) is 19.1. The van der Waals surface area contributed by atoms with Crippen molar-refractivity contribution in [1.82, 2.24) is 5.32 Å². The molecule has 0 aromatic heterocycles. The molecule has 0 bridgehead atoms. The molecule has 136 valence electrons. The van der Waals surface area contributed by atoms with Crippen molar-refractivity contribution in [3.05, 3.63) is 70.2 Å². The normalized spacial score (nSPS) is 11.7. The molecule has 0 aliphatic carbocycles. The van der Waals surface area contributed by atoms with Gasteiger partial charge in [-0.3, -0.25) is 9.59 Å². The second kappa shape index (κ2) is 9.29. The summed E-state index contributed by atoms with van der Waals surface area (Å²) in [6, 6.07) is 15.6. The number of nitrogens with one attached hydrogen (secondary N) is 1. The number of ketones is 2. The fourth-order valence-corrected chi connectivity index (χ4v) is 2.94. The average molecular weight is 418 g/mol. The van der Waals surface area contributed by atoms with Crippen LogP contribution in [0.1, 0.15) is 31.0 Å². The summed E-state index contributed by atoms with van der Waals surface area (Å²) < 4.78 is 6.09. The van der Waals surface area contributed by atoms with E-state index >= 15 is 0 Å². The number of benzene rings is 2. The molecule has 0 aliphatic rings. The third-order valence-electron chi connectivity index (χ3n) is 3.92. The average Bonchev–Trinajstić information content (AvgIpc) is 2.60. The number of Topliss-reactive ketones (excluding diaryl/α,β-unsaturated/α-hetero) is 2. The smallest absolute Gasteiger partial charge is 0.407 e. The molecule has 0 saturated carbocycles. The van der Waals surface area contributed by atoms with E-state index in [-0.39, 0.29) is 18.2 Å². The first kappa shape index (κ1) is 19.8. The number of rotatable bonds is 7. The van der Waals surface area contributed by atoms with Crippen LogP contribution in [0.4, 0.5) is 4.79 Å². The van der Waals surface area contributed by atoms with E-state index in [4.69, 9.17) is 4.74 Å². The Balaban J connectivity index is 2.17. The van der Waals surface area contributed by atoms with Gasteiger partial charge in [-0.2, -0.15) is 0 Å². The molecule has 0 fully saturated rings. The van der Waals surface area contributed by atoms with Gasteiger partial charge in [-0.1, -0.05) is 58.4 Å². The fraction of sp³-hybridized carbons (Fsp3) is 0.250. The highest BCUT2D eigenvalue weighted by Crippen LogP contribution is 2.26. The summed E-state index contributed by atoms with van der Waals surface area (Å²) in [5.74, 6) is -1.59. The summed E-state index contributed by atoms with van der Waals surface area (Å²) in [4.78, 5) is 36.3. The molecule has 2 aromatic carbocycles. The zero-order valence-electron chi connectivity index (χ0n) is 14.6. The molecule has 1 atom stereocenters. The van der Waals surface area contributed by atoms with Crippen LogP contribution in [0.2, 0.25) is 0 Å². The first-order valence-electron chi connectivity index (χ1n) is 8.12. The Kier molecular flexibility index (Phi) is 7.09. The molecule has 0 aliphatic heterocycles. The molecule has 2 aromatic rings. The minimum Gasteiger partial charge on any atom is -0.445 e. The Morgan fingerprint density at radius 1 is 0.962 bits per heavy atom. The van der Waals surface area contributed by atoms with Gasteiger partial charge in [0.25, 0.3) is 0 Å². The van der Waals surface area contributed by atoms with E-state index in [1.54, 1.807) is 24.3 Å². The maximum absolute atomic E-state index is 12.3. The van der Waals surface area contributed by atoms with Gasteiger partial charge in [0.1, 0.15) is 24.1 Å². The summed E-state index contributed by atoms with van der Waals surface area (Å²) >= 11 is 3.35. The quantitative estimate of drug-likeness (QED) is 0.684. The summed E-state index contributed by atoms with van der Waals surface area (Å²) in [6.07, 6.45) is -0.686. The highest BCUT2D eigenvalue weighted by atomic mass is 79.9. The number of ether oxygens (including phenoxy) is 1. The monoisotopic (exact) mass is 417 g/mol. The lowest BCUT2D eigenvalue weighted by Crippen LogP contribution is -2.39. The lowest BCUT2D eigenvalue weighted by atomic mass is 9.87. The Hall–Kier alpha value is -2.47. The minimum atomic E-state index is -0.972. The summed E-state index contributed by atoms with van der Waals surface area (Å²) in [7, 11) is 0. The van der Waals surface area contributed by atoms with E-state index in [9.17, 15) is 14.4 Å². The Morgan fingerprint density at radius 3 is 2.08 bits per heavy atom. The van der Waals surface area contributed by atoms with Crippen LogP contribution in [0, 0.1) is 5.92 Å². The van der Waals surface area contributed by atoms with Crippen LogP contribution in [0.25, 0.3) is 0 Å². The molecule has 0 saturated heterocycles. The maximum Gasteiger partial charge on any atom is 0.407 e. The van der Waals surface area contributed by atoms with Gasteiger partial charge in [0.15, 0.2) is 0 Å². The van der Waals surface area contributed by atoms with Crippen molar-refractivity contribution in [2.75, 3.05) is 0 Å². The third kappa shape index (κ3) is 5.52. The van der Waals surface area contributed by atoms with Gasteiger partial charge in [0, 0.05) is 4.47 Å². The number of carbonyl (C=O) groups is 3. The first-order valence-corrected chi connectivity index (χ1v) is 8.91. The van der Waals surface area contributed by atoms with E-state index in [1.807, 2.05) is 30.3 Å². The zero-order valence-corrected chi connectivity index (χ0v) is 16.2. The predicted octanol–water partition coefficient (Wildman–Crippen LogP) is 4.21. The Labute approximate surface area is 160 Å². The summed E-state index contributed by atoms with van der Waals surface area (Å²) in [5.41, 5.74) is 1.50. The molecule has 5 nitrogen and oxygen atoms in total. The molecular formula is C20H20BrNO4. The number of amides is 1. The minimum absolute atomic E-state index is 0.102. The van der Waals surface area contributed by atoms with Gasteiger partial charge in [-0.05, 0) is 37.1 Å². The van der Waals surface area contributed by atoms with Crippen molar-refractivity contribution in [2.45, 2.75) is 26.5 Å². The Morgan fingerprint density at radius 2 is 1.54 bits per heavy atom. The second-order valence-corrected chi connectivity index (χ2v) is 6.85. The van der Waals surface area contributed by atoms with E-state index in [0.717, 1.165) is 10.0 Å². The first-order chi connectivity index (χ1) is 12.4. The van der Waals surface area contributed by atoms with Gasteiger partial charge in [-0.15, -0.1) is 0 Å². The number of alkyl carbamates (subject to hydrolysis) is 1. The molecule has 0 radical (unpaired) electrons. The van der Waals surface area contributed by atoms with Crippen LogP contribution in [-0.2, 0) is 20.9 Å². The maximum atomic E-state index is 12.3. The van der Waals surface area contributed by atoms with Gasteiger partial charge in [0.05, 0.1) is 6.04 Å². The Bertz CT molecular complexity index is 760. The van der Waals surface area contributed by atoms with Gasteiger partial charge < -0.3 is 10.1 Å². The van der Waals surface area contributed by atoms with Crippen LogP contribution in [0.3, 0.4) is 0 Å². The predicted molar refractivity (Wildman–Crippen MR) is 101 cm³/mol. The van der Waals surface area contributed by atoms with Crippen molar-refractivity contribution in [1.29, 1.82) is 0 Å². The lowest BCUT2D eigenvalue weighted by molar-refractivity contribution is -0.131. The molecular weight excluding hydrogens is 398 g/mol. The van der Waals surface area contributed by atoms with Crippen LogP contribution in [-0.4, -0.2) is 17.7 Å². The second-order valence-electron chi connectivity index (χ2n) is 5.93. The van der Waals surface area contributed by atoms with Gasteiger partial charge in [-0.25, -0.2) is 4.79 Å². The lowest BCUT2D eigenvalue weighted by Gasteiger charge is -2.24. The highest BCUT2D eigenvalue weighted by molar-refractivity contribution is 9.10. The summed E-state index contributed by atoms with van der Waals surface area (Å²) in [6.45, 7) is 2.79. The number of carbonyl (C=O) groups excluding carboxylic acids is 3. The highest BCUT2D eigenvalue weighted by Gasteiger charge is 2.32. The molecule has 6 heteroatoms. The number of halogens is 1. The summed E-state index contributed by atoms with van der Waals surface area (Å²) in [5, 5.41) is 2.67. The van der Waals surface area contributed by atoms with Crippen molar-refractivity contribution in [3.63, 3.8) is 0 Å². The molecule has 26 heavy (non-hydrogen) atoms. The largest absolute Gasteiger partial charge is 0.445 e. The SMILES string of the molecule is CC(=O)C(C(C)=O)C(NC(=O)OCc1ccccc1)c1ccc(Br)cc1. The van der Waals surface area contributed by atoms with Crippen LogP contribution < -0.4 is 5.32 Å². The molecule has 0 spiro atoms. The molecule has 2 rings (SSSR count). The molecule has 0 heterocycles. The van der Waals surface area contributed by atoms with Crippen LogP contribution >= 0.6 is 15.9 Å². The third-order valence-corrected chi connectivity index (χ3v) is 4.45. The van der Waals surface area contributed by atoms with E-state index in [2.05, 4.69) is 21.2 Å². The molecule has 1 amide bonds. The van der Waals surface area contributed by atoms with Crippen molar-refractivity contribution < 1.29 is 19.1 Å². The van der Waals surface area contributed by atoms with Crippen molar-refractivity contribution in [2.24, 2.45) is 5.92 Å².